The molecule has 3 rings (SSSR count). The molecule has 0 aliphatic rings. The summed E-state index contributed by atoms with van der Waals surface area (Å²) in [5.74, 6) is -0.124. The molecule has 0 radical (unpaired) electrons. The summed E-state index contributed by atoms with van der Waals surface area (Å²) in [6.45, 7) is 0. The number of carbonyl (C=O) groups is 1. The molecule has 0 aromatic carbocycles. The molecule has 3 aromatic heterocycles. The van der Waals surface area contributed by atoms with Gasteiger partial charge in [0.15, 0.2) is 0 Å². The van der Waals surface area contributed by atoms with E-state index in [4.69, 9.17) is 0 Å². The molecule has 3 heterocycles. The fourth-order valence-electron chi connectivity index (χ4n) is 1.97. The van der Waals surface area contributed by atoms with Crippen molar-refractivity contribution in [2.24, 2.45) is 0 Å². The van der Waals surface area contributed by atoms with Gasteiger partial charge in [0.2, 0.25) is 5.91 Å². The Balaban J connectivity index is 1.74. The number of aromatic amines is 1. The van der Waals surface area contributed by atoms with Crippen molar-refractivity contribution in [3.63, 3.8) is 0 Å². The molecular formula is C15H13N5O. The van der Waals surface area contributed by atoms with E-state index in [1.54, 1.807) is 30.9 Å². The molecule has 6 nitrogen and oxygen atoms in total. The van der Waals surface area contributed by atoms with Gasteiger partial charge in [0.1, 0.15) is 5.69 Å². The summed E-state index contributed by atoms with van der Waals surface area (Å²) in [4.78, 5) is 20.3. The second kappa shape index (κ2) is 5.96. The lowest BCUT2D eigenvalue weighted by Gasteiger charge is -2.05. The largest absolute Gasteiger partial charge is 0.323 e. The van der Waals surface area contributed by atoms with E-state index in [-0.39, 0.29) is 12.3 Å². The van der Waals surface area contributed by atoms with Crippen LogP contribution < -0.4 is 5.32 Å². The summed E-state index contributed by atoms with van der Waals surface area (Å²) in [5, 5.41) is 9.66. The number of hydrogen-bond acceptors (Lipinski definition) is 4. The average molecular weight is 279 g/mol. The van der Waals surface area contributed by atoms with Gasteiger partial charge in [0.05, 0.1) is 24.0 Å². The molecule has 3 aromatic rings. The van der Waals surface area contributed by atoms with E-state index in [1.165, 1.54) is 0 Å². The smallest absolute Gasteiger partial charge is 0.228 e. The fourth-order valence-corrected chi connectivity index (χ4v) is 1.97. The van der Waals surface area contributed by atoms with E-state index in [1.807, 2.05) is 24.3 Å². The van der Waals surface area contributed by atoms with Crippen molar-refractivity contribution in [1.82, 2.24) is 20.2 Å². The van der Waals surface area contributed by atoms with Crippen LogP contribution in [0.3, 0.4) is 0 Å². The van der Waals surface area contributed by atoms with Gasteiger partial charge in [-0.1, -0.05) is 12.1 Å². The number of anilines is 1. The van der Waals surface area contributed by atoms with Gasteiger partial charge < -0.3 is 5.32 Å². The topological polar surface area (TPSA) is 83.6 Å². The lowest BCUT2D eigenvalue weighted by molar-refractivity contribution is -0.115. The van der Waals surface area contributed by atoms with E-state index < -0.39 is 0 Å². The van der Waals surface area contributed by atoms with Gasteiger partial charge in [-0.05, 0) is 23.8 Å². The molecule has 0 aliphatic heterocycles. The summed E-state index contributed by atoms with van der Waals surface area (Å²) in [7, 11) is 0. The summed E-state index contributed by atoms with van der Waals surface area (Å²) in [6, 6.07) is 9.23. The van der Waals surface area contributed by atoms with Crippen molar-refractivity contribution in [3.05, 3.63) is 60.7 Å². The molecule has 0 aliphatic carbocycles. The van der Waals surface area contributed by atoms with E-state index in [9.17, 15) is 4.79 Å². The second-order valence-corrected chi connectivity index (χ2v) is 4.46. The molecule has 21 heavy (non-hydrogen) atoms. The van der Waals surface area contributed by atoms with Crippen molar-refractivity contribution in [3.8, 4) is 11.4 Å². The maximum absolute atomic E-state index is 12.1. The molecular weight excluding hydrogens is 266 g/mol. The Labute approximate surface area is 121 Å². The number of pyridine rings is 2. The minimum atomic E-state index is -0.124. The Kier molecular flexibility index (Phi) is 3.68. The Morgan fingerprint density at radius 2 is 2.10 bits per heavy atom. The third kappa shape index (κ3) is 3.11. The summed E-state index contributed by atoms with van der Waals surface area (Å²) in [5.41, 5.74) is 2.89. The number of carbonyl (C=O) groups excluding carboxylic acids is 1. The predicted molar refractivity (Wildman–Crippen MR) is 78.4 cm³/mol. The highest BCUT2D eigenvalue weighted by Crippen LogP contribution is 2.23. The van der Waals surface area contributed by atoms with Crippen LogP contribution in [0.2, 0.25) is 0 Å². The highest BCUT2D eigenvalue weighted by molar-refractivity contribution is 5.95. The van der Waals surface area contributed by atoms with Gasteiger partial charge >= 0.3 is 0 Å². The standard InChI is InChI=1S/C15H13N5O/c21-14(8-11-4-3-6-16-9-11)19-13-10-18-20-15(13)12-5-1-2-7-17-12/h1-7,9-10H,8H2,(H,18,20)(H,19,21). The van der Waals surface area contributed by atoms with Gasteiger partial charge in [0.25, 0.3) is 0 Å². The number of rotatable bonds is 4. The summed E-state index contributed by atoms with van der Waals surface area (Å²) in [6.07, 6.45) is 6.88. The van der Waals surface area contributed by atoms with Crippen LogP contribution in [-0.4, -0.2) is 26.1 Å². The van der Waals surface area contributed by atoms with Crippen LogP contribution >= 0.6 is 0 Å². The van der Waals surface area contributed by atoms with Crippen LogP contribution in [0.25, 0.3) is 11.4 Å². The molecule has 0 saturated heterocycles. The first-order chi connectivity index (χ1) is 10.3. The molecule has 104 valence electrons. The first-order valence-corrected chi connectivity index (χ1v) is 6.46. The number of H-pyrrole nitrogens is 1. The van der Waals surface area contributed by atoms with Gasteiger partial charge in [-0.3, -0.25) is 19.9 Å². The molecule has 0 bridgehead atoms. The molecule has 0 spiro atoms. The van der Waals surface area contributed by atoms with Crippen LogP contribution in [0, 0.1) is 0 Å². The van der Waals surface area contributed by atoms with Gasteiger partial charge in [-0.25, -0.2) is 0 Å². The lowest BCUT2D eigenvalue weighted by atomic mass is 10.2. The number of nitrogens with one attached hydrogen (secondary N) is 2. The van der Waals surface area contributed by atoms with Gasteiger partial charge in [-0.2, -0.15) is 5.10 Å². The Bertz CT molecular complexity index is 724. The number of nitrogens with zero attached hydrogens (tertiary/aromatic N) is 3. The van der Waals surface area contributed by atoms with Gasteiger partial charge in [0, 0.05) is 18.6 Å². The number of amides is 1. The normalized spacial score (nSPS) is 10.3. The summed E-state index contributed by atoms with van der Waals surface area (Å²) >= 11 is 0. The zero-order valence-electron chi connectivity index (χ0n) is 11.2. The van der Waals surface area contributed by atoms with E-state index >= 15 is 0 Å². The molecule has 1 amide bonds. The van der Waals surface area contributed by atoms with E-state index in [0.717, 1.165) is 11.3 Å². The minimum Gasteiger partial charge on any atom is -0.323 e. The van der Waals surface area contributed by atoms with E-state index in [0.29, 0.717) is 11.4 Å². The highest BCUT2D eigenvalue weighted by Gasteiger charge is 2.11. The lowest BCUT2D eigenvalue weighted by Crippen LogP contribution is -2.14. The maximum Gasteiger partial charge on any atom is 0.228 e. The van der Waals surface area contributed by atoms with Crippen molar-refractivity contribution in [2.45, 2.75) is 6.42 Å². The molecule has 2 N–H and O–H groups in total. The first kappa shape index (κ1) is 13.0. The second-order valence-electron chi connectivity index (χ2n) is 4.46. The zero-order chi connectivity index (χ0) is 14.5. The Hall–Kier alpha value is -3.02. The van der Waals surface area contributed by atoms with Crippen LogP contribution in [0.4, 0.5) is 5.69 Å². The highest BCUT2D eigenvalue weighted by atomic mass is 16.1. The molecule has 0 saturated carbocycles. The van der Waals surface area contributed by atoms with Crippen molar-refractivity contribution >= 4 is 11.6 Å². The molecule has 0 fully saturated rings. The number of aromatic nitrogens is 4. The van der Waals surface area contributed by atoms with Crippen LogP contribution in [0.15, 0.2) is 55.1 Å². The van der Waals surface area contributed by atoms with Crippen molar-refractivity contribution in [1.29, 1.82) is 0 Å². The Morgan fingerprint density at radius 1 is 1.14 bits per heavy atom. The van der Waals surface area contributed by atoms with Crippen LogP contribution in [0.1, 0.15) is 5.56 Å². The van der Waals surface area contributed by atoms with Crippen LogP contribution in [-0.2, 0) is 11.2 Å². The Morgan fingerprint density at radius 3 is 2.86 bits per heavy atom. The fraction of sp³-hybridized carbons (Fsp3) is 0.0667. The third-order valence-electron chi connectivity index (χ3n) is 2.92. The first-order valence-electron chi connectivity index (χ1n) is 6.46. The van der Waals surface area contributed by atoms with Crippen LogP contribution in [0.5, 0.6) is 0 Å². The number of hydrogen-bond donors (Lipinski definition) is 2. The maximum atomic E-state index is 12.1. The predicted octanol–water partition coefficient (Wildman–Crippen LogP) is 2.05. The zero-order valence-corrected chi connectivity index (χ0v) is 11.2. The average Bonchev–Trinajstić information content (AvgIpc) is 2.97. The molecule has 0 unspecified atom stereocenters. The molecule has 0 atom stereocenters. The van der Waals surface area contributed by atoms with E-state index in [2.05, 4.69) is 25.5 Å². The third-order valence-corrected chi connectivity index (χ3v) is 2.92. The van der Waals surface area contributed by atoms with Crippen molar-refractivity contribution < 1.29 is 4.79 Å². The quantitative estimate of drug-likeness (QED) is 0.765. The summed E-state index contributed by atoms with van der Waals surface area (Å²) < 4.78 is 0. The van der Waals surface area contributed by atoms with Gasteiger partial charge in [-0.15, -0.1) is 0 Å². The molecule has 6 heteroatoms. The monoisotopic (exact) mass is 279 g/mol. The minimum absolute atomic E-state index is 0.124. The van der Waals surface area contributed by atoms with Crippen molar-refractivity contribution in [2.75, 3.05) is 5.32 Å². The SMILES string of the molecule is O=C(Cc1cccnc1)Nc1cn[nH]c1-c1ccccn1.